The Hall–Kier alpha value is -2.04. The molecule has 1 N–H and O–H groups in total. The molecule has 0 aliphatic rings. The number of carbonyl (C=O) groups is 2. The molecule has 0 saturated carbocycles. The maximum absolute atomic E-state index is 11.1. The first-order valence-corrected chi connectivity index (χ1v) is 5.12. The molecule has 5 heteroatoms. The van der Waals surface area contributed by atoms with E-state index in [2.05, 4.69) is 16.3 Å². The van der Waals surface area contributed by atoms with Crippen molar-refractivity contribution in [3.05, 3.63) is 36.4 Å². The minimum absolute atomic E-state index is 0.258. The molecule has 0 bridgehead atoms. The van der Waals surface area contributed by atoms with Gasteiger partial charge in [-0.25, -0.2) is 4.79 Å². The molecule has 0 aromatic carbocycles. The predicted molar refractivity (Wildman–Crippen MR) is 63.4 cm³/mol. The molecule has 1 aromatic rings. The number of H-pyrrole nitrogens is 1. The lowest BCUT2D eigenvalue weighted by Crippen LogP contribution is -2.04. The zero-order valence-electron chi connectivity index (χ0n) is 10.3. The van der Waals surface area contributed by atoms with Crippen LogP contribution in [-0.4, -0.2) is 23.5 Å². The van der Waals surface area contributed by atoms with Gasteiger partial charge >= 0.3 is 11.9 Å². The number of nitrogens with one attached hydrogen (secondary N) is 1. The van der Waals surface area contributed by atoms with Crippen molar-refractivity contribution < 1.29 is 19.1 Å². The first kappa shape index (κ1) is 15.0. The van der Waals surface area contributed by atoms with Crippen LogP contribution in [0.5, 0.6) is 0 Å². The van der Waals surface area contributed by atoms with Crippen LogP contribution in [0.15, 0.2) is 25.1 Å². The molecule has 5 nitrogen and oxygen atoms in total. The van der Waals surface area contributed by atoms with Crippen LogP contribution in [0.25, 0.3) is 0 Å². The minimum Gasteiger partial charge on any atom is -0.462 e. The van der Waals surface area contributed by atoms with Gasteiger partial charge in [-0.2, -0.15) is 0 Å². The summed E-state index contributed by atoms with van der Waals surface area (Å²) in [5.74, 6) is -0.587. The molecule has 0 aliphatic heterocycles. The topological polar surface area (TPSA) is 68.4 Å². The Balaban J connectivity index is 0.000000366. The van der Waals surface area contributed by atoms with Gasteiger partial charge in [0.05, 0.1) is 18.4 Å². The lowest BCUT2D eigenvalue weighted by Gasteiger charge is -1.98. The normalized spacial score (nSPS) is 8.65. The maximum atomic E-state index is 11.1. The van der Waals surface area contributed by atoms with Crippen LogP contribution in [0.4, 0.5) is 0 Å². The third-order valence-corrected chi connectivity index (χ3v) is 1.70. The Morgan fingerprint density at radius 1 is 1.53 bits per heavy atom. The average molecular weight is 239 g/mol. The van der Waals surface area contributed by atoms with Gasteiger partial charge in [-0.15, -0.1) is 0 Å². The van der Waals surface area contributed by atoms with Gasteiger partial charge < -0.3 is 14.5 Å². The van der Waals surface area contributed by atoms with Crippen molar-refractivity contribution >= 4 is 11.9 Å². The second-order valence-corrected chi connectivity index (χ2v) is 3.01. The molecular formula is C12H17NO4. The molecule has 1 aromatic heterocycles. The van der Waals surface area contributed by atoms with Gasteiger partial charge in [0, 0.05) is 18.8 Å². The highest BCUT2D eigenvalue weighted by molar-refractivity contribution is 5.90. The highest BCUT2D eigenvalue weighted by atomic mass is 16.5. The van der Waals surface area contributed by atoms with E-state index in [9.17, 15) is 9.59 Å². The Morgan fingerprint density at radius 2 is 2.18 bits per heavy atom. The zero-order chi connectivity index (χ0) is 13.3. The highest BCUT2D eigenvalue weighted by Crippen LogP contribution is 2.05. The Bertz CT molecular complexity index is 382. The van der Waals surface area contributed by atoms with E-state index in [-0.39, 0.29) is 11.9 Å². The summed E-state index contributed by atoms with van der Waals surface area (Å²) in [5.41, 5.74) is 1.47. The van der Waals surface area contributed by atoms with Crippen molar-refractivity contribution in [1.29, 1.82) is 0 Å². The first-order valence-electron chi connectivity index (χ1n) is 5.12. The number of esters is 2. The molecule has 0 amide bonds. The molecule has 0 aliphatic carbocycles. The summed E-state index contributed by atoms with van der Waals surface area (Å²) < 4.78 is 8.97. The standard InChI is InChI=1S/C8H11NO2.C4H6O2/c1-3-11-8(10)7-4-5-9-6(7)2;1-3-6-4(2)5/h4-5,9H,3H2,1-2H3;3H,1H2,2H3. The van der Waals surface area contributed by atoms with E-state index in [0.717, 1.165) is 12.0 Å². The fraction of sp³-hybridized carbons (Fsp3) is 0.333. The Labute approximate surface area is 100 Å². The second kappa shape index (κ2) is 8.15. The van der Waals surface area contributed by atoms with E-state index in [4.69, 9.17) is 4.74 Å². The highest BCUT2D eigenvalue weighted by Gasteiger charge is 2.08. The summed E-state index contributed by atoms with van der Waals surface area (Å²) in [6, 6.07) is 1.72. The number of aryl methyl sites for hydroxylation is 1. The monoisotopic (exact) mass is 239 g/mol. The van der Waals surface area contributed by atoms with Crippen molar-refractivity contribution in [3.63, 3.8) is 0 Å². The van der Waals surface area contributed by atoms with Crippen molar-refractivity contribution in [3.8, 4) is 0 Å². The van der Waals surface area contributed by atoms with Gasteiger partial charge in [-0.3, -0.25) is 4.79 Å². The minimum atomic E-state index is -0.329. The lowest BCUT2D eigenvalue weighted by molar-refractivity contribution is -0.135. The summed E-state index contributed by atoms with van der Waals surface area (Å²) in [6.45, 7) is 8.53. The lowest BCUT2D eigenvalue weighted by atomic mass is 10.3. The van der Waals surface area contributed by atoms with Gasteiger partial charge in [-0.05, 0) is 19.9 Å². The Morgan fingerprint density at radius 3 is 2.47 bits per heavy atom. The molecular weight excluding hydrogens is 222 g/mol. The third kappa shape index (κ3) is 6.19. The fourth-order valence-electron chi connectivity index (χ4n) is 1.00. The smallest absolute Gasteiger partial charge is 0.339 e. The SMILES string of the molecule is C=COC(C)=O.CCOC(=O)c1cc[nH]c1C. The number of rotatable bonds is 3. The summed E-state index contributed by atoms with van der Waals surface area (Å²) in [4.78, 5) is 23.7. The van der Waals surface area contributed by atoms with Crippen LogP contribution < -0.4 is 0 Å². The van der Waals surface area contributed by atoms with Gasteiger partial charge in [0.15, 0.2) is 0 Å². The fourth-order valence-corrected chi connectivity index (χ4v) is 1.00. The van der Waals surface area contributed by atoms with E-state index in [1.54, 1.807) is 19.2 Å². The number of carbonyl (C=O) groups excluding carboxylic acids is 2. The summed E-state index contributed by atoms with van der Waals surface area (Å²) in [5, 5.41) is 0. The van der Waals surface area contributed by atoms with Gasteiger partial charge in [0.1, 0.15) is 0 Å². The van der Waals surface area contributed by atoms with E-state index in [0.29, 0.717) is 12.2 Å². The summed E-state index contributed by atoms with van der Waals surface area (Å²) in [6.07, 6.45) is 2.82. The molecule has 0 atom stereocenters. The van der Waals surface area contributed by atoms with E-state index >= 15 is 0 Å². The van der Waals surface area contributed by atoms with Crippen LogP contribution in [0.1, 0.15) is 29.9 Å². The summed E-state index contributed by atoms with van der Waals surface area (Å²) >= 11 is 0. The van der Waals surface area contributed by atoms with E-state index in [1.807, 2.05) is 6.92 Å². The average Bonchev–Trinajstić information content (AvgIpc) is 2.65. The number of ether oxygens (including phenoxy) is 2. The van der Waals surface area contributed by atoms with Crippen LogP contribution in [0.3, 0.4) is 0 Å². The molecule has 0 fully saturated rings. The largest absolute Gasteiger partial charge is 0.462 e. The van der Waals surface area contributed by atoms with Crippen LogP contribution in [-0.2, 0) is 14.3 Å². The molecule has 1 heterocycles. The number of hydrogen-bond donors (Lipinski definition) is 1. The van der Waals surface area contributed by atoms with Crippen LogP contribution >= 0.6 is 0 Å². The van der Waals surface area contributed by atoms with Crippen molar-refractivity contribution in [2.75, 3.05) is 6.61 Å². The molecule has 0 unspecified atom stereocenters. The number of aromatic nitrogens is 1. The van der Waals surface area contributed by atoms with Gasteiger partial charge in [0.25, 0.3) is 0 Å². The van der Waals surface area contributed by atoms with Crippen molar-refractivity contribution in [2.45, 2.75) is 20.8 Å². The molecule has 1 rings (SSSR count). The zero-order valence-corrected chi connectivity index (χ0v) is 10.3. The second-order valence-electron chi connectivity index (χ2n) is 3.01. The molecule has 0 radical (unpaired) electrons. The van der Waals surface area contributed by atoms with Crippen LogP contribution in [0.2, 0.25) is 0 Å². The quantitative estimate of drug-likeness (QED) is 0.648. The van der Waals surface area contributed by atoms with Crippen molar-refractivity contribution in [2.24, 2.45) is 0 Å². The van der Waals surface area contributed by atoms with Crippen LogP contribution in [0, 0.1) is 6.92 Å². The van der Waals surface area contributed by atoms with Crippen molar-refractivity contribution in [1.82, 2.24) is 4.98 Å². The molecule has 17 heavy (non-hydrogen) atoms. The number of hydrogen-bond acceptors (Lipinski definition) is 4. The number of aromatic amines is 1. The predicted octanol–water partition coefficient (Wildman–Crippen LogP) is 2.19. The third-order valence-electron chi connectivity index (χ3n) is 1.70. The maximum Gasteiger partial charge on any atom is 0.339 e. The molecule has 0 spiro atoms. The molecule has 0 saturated heterocycles. The van der Waals surface area contributed by atoms with E-state index < -0.39 is 0 Å². The van der Waals surface area contributed by atoms with Gasteiger partial charge in [0.2, 0.25) is 0 Å². The van der Waals surface area contributed by atoms with Gasteiger partial charge in [-0.1, -0.05) is 6.58 Å². The first-order chi connectivity index (χ1) is 8.02. The Kier molecular flexibility index (Phi) is 7.17. The summed E-state index contributed by atoms with van der Waals surface area (Å²) in [7, 11) is 0. The molecule has 94 valence electrons. The van der Waals surface area contributed by atoms with E-state index in [1.165, 1.54) is 6.92 Å².